The quantitative estimate of drug-likeness (QED) is 0.838. The Kier molecular flexibility index (Phi) is 4.91. The monoisotopic (exact) mass is 299 g/mol. The fourth-order valence-corrected chi connectivity index (χ4v) is 2.35. The molecule has 0 aliphatic heterocycles. The van der Waals surface area contributed by atoms with E-state index in [1.54, 1.807) is 6.20 Å². The molecule has 0 saturated heterocycles. The smallest absolute Gasteiger partial charge is 0.172 e. The molecule has 1 aromatic carbocycles. The molecule has 0 bridgehead atoms. The highest BCUT2D eigenvalue weighted by Gasteiger charge is 2.08. The standard InChI is InChI=1S/C17H21N3S/c1-11-7-8-18-16(9-11)20-17(21)19-14(4)15-6-5-12(2)13(3)10-15/h5-10,14H,1-4H3,(H2,18,19,20,21). The zero-order valence-electron chi connectivity index (χ0n) is 12.9. The molecule has 1 aromatic heterocycles. The number of thiocarbonyl (C=S) groups is 1. The third kappa shape index (κ3) is 4.26. The first-order chi connectivity index (χ1) is 9.95. The van der Waals surface area contributed by atoms with Crippen LogP contribution in [0, 0.1) is 20.8 Å². The summed E-state index contributed by atoms with van der Waals surface area (Å²) in [6, 6.07) is 10.5. The average molecular weight is 299 g/mol. The second kappa shape index (κ2) is 6.68. The lowest BCUT2D eigenvalue weighted by Gasteiger charge is -2.18. The van der Waals surface area contributed by atoms with Crippen molar-refractivity contribution in [1.82, 2.24) is 10.3 Å². The van der Waals surface area contributed by atoms with Gasteiger partial charge in [0.05, 0.1) is 6.04 Å². The summed E-state index contributed by atoms with van der Waals surface area (Å²) in [7, 11) is 0. The Labute approximate surface area is 131 Å². The van der Waals surface area contributed by atoms with Crippen LogP contribution in [0.5, 0.6) is 0 Å². The van der Waals surface area contributed by atoms with Crippen LogP contribution in [0.15, 0.2) is 36.5 Å². The summed E-state index contributed by atoms with van der Waals surface area (Å²) in [5.74, 6) is 0.764. The summed E-state index contributed by atoms with van der Waals surface area (Å²) in [5, 5.41) is 6.99. The molecular formula is C17H21N3S. The van der Waals surface area contributed by atoms with Gasteiger partial charge in [-0.05, 0) is 74.3 Å². The van der Waals surface area contributed by atoms with Gasteiger partial charge in [0.15, 0.2) is 5.11 Å². The van der Waals surface area contributed by atoms with E-state index in [0.717, 1.165) is 11.4 Å². The van der Waals surface area contributed by atoms with Crippen LogP contribution in [0.1, 0.15) is 35.2 Å². The number of nitrogens with one attached hydrogen (secondary N) is 2. The second-order valence-corrected chi connectivity index (χ2v) is 5.79. The molecule has 2 N–H and O–H groups in total. The number of hydrogen-bond acceptors (Lipinski definition) is 2. The Morgan fingerprint density at radius 2 is 1.86 bits per heavy atom. The molecule has 21 heavy (non-hydrogen) atoms. The largest absolute Gasteiger partial charge is 0.356 e. The van der Waals surface area contributed by atoms with E-state index in [0.29, 0.717) is 5.11 Å². The van der Waals surface area contributed by atoms with Gasteiger partial charge in [0.25, 0.3) is 0 Å². The van der Waals surface area contributed by atoms with Gasteiger partial charge in [-0.3, -0.25) is 0 Å². The Hall–Kier alpha value is -1.94. The summed E-state index contributed by atoms with van der Waals surface area (Å²) >= 11 is 5.35. The van der Waals surface area contributed by atoms with Crippen molar-refractivity contribution >= 4 is 23.1 Å². The topological polar surface area (TPSA) is 37.0 Å². The van der Waals surface area contributed by atoms with Gasteiger partial charge in [-0.2, -0.15) is 0 Å². The van der Waals surface area contributed by atoms with Gasteiger partial charge in [0.2, 0.25) is 0 Å². The molecule has 0 radical (unpaired) electrons. The molecule has 0 fully saturated rings. The molecule has 1 heterocycles. The van der Waals surface area contributed by atoms with Crippen molar-refractivity contribution in [2.75, 3.05) is 5.32 Å². The van der Waals surface area contributed by atoms with Gasteiger partial charge in [0.1, 0.15) is 5.82 Å². The maximum Gasteiger partial charge on any atom is 0.172 e. The minimum atomic E-state index is 0.147. The predicted molar refractivity (Wildman–Crippen MR) is 92.7 cm³/mol. The van der Waals surface area contributed by atoms with Crippen LogP contribution in [0.4, 0.5) is 5.82 Å². The maximum atomic E-state index is 5.35. The molecule has 3 nitrogen and oxygen atoms in total. The molecule has 0 saturated carbocycles. The van der Waals surface area contributed by atoms with Crippen molar-refractivity contribution in [3.8, 4) is 0 Å². The summed E-state index contributed by atoms with van der Waals surface area (Å²) in [5.41, 5.74) is 4.97. The van der Waals surface area contributed by atoms with E-state index in [-0.39, 0.29) is 6.04 Å². The minimum absolute atomic E-state index is 0.147. The predicted octanol–water partition coefficient (Wildman–Crippen LogP) is 4.05. The van der Waals surface area contributed by atoms with Crippen LogP contribution in [0.2, 0.25) is 0 Å². The van der Waals surface area contributed by atoms with E-state index < -0.39 is 0 Å². The first-order valence-electron chi connectivity index (χ1n) is 7.03. The highest BCUT2D eigenvalue weighted by Crippen LogP contribution is 2.17. The van der Waals surface area contributed by atoms with E-state index in [1.807, 2.05) is 19.1 Å². The number of aryl methyl sites for hydroxylation is 3. The zero-order valence-corrected chi connectivity index (χ0v) is 13.7. The van der Waals surface area contributed by atoms with Gasteiger partial charge in [-0.15, -0.1) is 0 Å². The number of hydrogen-bond donors (Lipinski definition) is 2. The molecule has 0 aliphatic carbocycles. The molecule has 1 atom stereocenters. The molecular weight excluding hydrogens is 278 g/mol. The Morgan fingerprint density at radius 1 is 1.10 bits per heavy atom. The number of benzene rings is 1. The average Bonchev–Trinajstić information content (AvgIpc) is 2.41. The molecule has 2 aromatic rings. The number of nitrogens with zero attached hydrogens (tertiary/aromatic N) is 1. The van der Waals surface area contributed by atoms with Crippen LogP contribution in [-0.2, 0) is 0 Å². The lowest BCUT2D eigenvalue weighted by atomic mass is 10.0. The second-order valence-electron chi connectivity index (χ2n) is 5.38. The van der Waals surface area contributed by atoms with Crippen molar-refractivity contribution < 1.29 is 0 Å². The molecule has 4 heteroatoms. The summed E-state index contributed by atoms with van der Waals surface area (Å²) < 4.78 is 0. The lowest BCUT2D eigenvalue weighted by Crippen LogP contribution is -2.31. The van der Waals surface area contributed by atoms with Crippen molar-refractivity contribution in [3.63, 3.8) is 0 Å². The maximum absolute atomic E-state index is 5.35. The third-order valence-electron chi connectivity index (χ3n) is 3.54. The Bertz CT molecular complexity index is 652. The molecule has 0 amide bonds. The highest BCUT2D eigenvalue weighted by atomic mass is 32.1. The van der Waals surface area contributed by atoms with Gasteiger partial charge >= 0.3 is 0 Å². The van der Waals surface area contributed by atoms with Gasteiger partial charge in [-0.25, -0.2) is 4.98 Å². The molecule has 0 spiro atoms. The van der Waals surface area contributed by atoms with E-state index in [2.05, 4.69) is 54.6 Å². The van der Waals surface area contributed by atoms with E-state index >= 15 is 0 Å². The first kappa shape index (κ1) is 15.4. The lowest BCUT2D eigenvalue weighted by molar-refractivity contribution is 0.721. The third-order valence-corrected chi connectivity index (χ3v) is 3.76. The normalized spacial score (nSPS) is 11.8. The molecule has 2 rings (SSSR count). The molecule has 1 unspecified atom stereocenters. The first-order valence-corrected chi connectivity index (χ1v) is 7.44. The Morgan fingerprint density at radius 3 is 2.52 bits per heavy atom. The Balaban J connectivity index is 2.00. The van der Waals surface area contributed by atoms with Crippen LogP contribution in [-0.4, -0.2) is 10.1 Å². The van der Waals surface area contributed by atoms with E-state index in [1.165, 1.54) is 16.7 Å². The van der Waals surface area contributed by atoms with Crippen LogP contribution < -0.4 is 10.6 Å². The van der Waals surface area contributed by atoms with E-state index in [4.69, 9.17) is 12.2 Å². The van der Waals surface area contributed by atoms with Gasteiger partial charge in [0, 0.05) is 6.20 Å². The minimum Gasteiger partial charge on any atom is -0.356 e. The summed E-state index contributed by atoms with van der Waals surface area (Å²) in [6.07, 6.45) is 1.77. The van der Waals surface area contributed by atoms with Crippen LogP contribution >= 0.6 is 12.2 Å². The van der Waals surface area contributed by atoms with Crippen LogP contribution in [0.3, 0.4) is 0 Å². The van der Waals surface area contributed by atoms with Gasteiger partial charge in [-0.1, -0.05) is 18.2 Å². The fraction of sp³-hybridized carbons (Fsp3) is 0.294. The zero-order chi connectivity index (χ0) is 15.4. The number of anilines is 1. The van der Waals surface area contributed by atoms with Crippen LogP contribution in [0.25, 0.3) is 0 Å². The number of pyridine rings is 1. The highest BCUT2D eigenvalue weighted by molar-refractivity contribution is 7.80. The van der Waals surface area contributed by atoms with E-state index in [9.17, 15) is 0 Å². The molecule has 0 aliphatic rings. The van der Waals surface area contributed by atoms with Crippen molar-refractivity contribution in [2.45, 2.75) is 33.7 Å². The summed E-state index contributed by atoms with van der Waals surface area (Å²) in [6.45, 7) is 8.37. The van der Waals surface area contributed by atoms with Crippen molar-refractivity contribution in [2.24, 2.45) is 0 Å². The number of aromatic nitrogens is 1. The van der Waals surface area contributed by atoms with Crippen molar-refractivity contribution in [3.05, 3.63) is 58.8 Å². The van der Waals surface area contributed by atoms with Gasteiger partial charge < -0.3 is 10.6 Å². The molecule has 110 valence electrons. The SMILES string of the molecule is Cc1ccnc(NC(=S)NC(C)c2ccc(C)c(C)c2)c1. The summed E-state index contributed by atoms with van der Waals surface area (Å²) in [4.78, 5) is 4.25. The number of rotatable bonds is 3. The van der Waals surface area contributed by atoms with Crippen molar-refractivity contribution in [1.29, 1.82) is 0 Å². The fourth-order valence-electron chi connectivity index (χ4n) is 2.07.